The molecule has 1 heterocycles. The highest BCUT2D eigenvalue weighted by molar-refractivity contribution is 5.69. The van der Waals surface area contributed by atoms with Crippen LogP contribution in [0, 0.1) is 5.92 Å². The third kappa shape index (κ3) is 3.18. The molecular weight excluding hydrogens is 192 g/mol. The van der Waals surface area contributed by atoms with Crippen LogP contribution < -0.4 is 0 Å². The van der Waals surface area contributed by atoms with Crippen LogP contribution >= 0.6 is 0 Å². The lowest BCUT2D eigenvalue weighted by Gasteiger charge is -2.20. The number of aliphatic carboxylic acids is 1. The maximum absolute atomic E-state index is 10.6. The van der Waals surface area contributed by atoms with Crippen molar-refractivity contribution in [2.24, 2.45) is 5.92 Å². The maximum atomic E-state index is 10.6. The maximum Gasteiger partial charge on any atom is 0.317 e. The molecule has 0 aromatic heterocycles. The number of likely N-dealkylation sites (tertiary alicyclic amines) is 1. The van der Waals surface area contributed by atoms with Crippen molar-refractivity contribution in [2.75, 3.05) is 33.2 Å². The zero-order chi connectivity index (χ0) is 10.8. The van der Waals surface area contributed by atoms with Crippen molar-refractivity contribution >= 4 is 5.97 Å². The van der Waals surface area contributed by atoms with Crippen LogP contribution in [-0.2, 0) is 4.79 Å². The van der Waals surface area contributed by atoms with Crippen LogP contribution in [0.25, 0.3) is 0 Å². The molecule has 1 aliphatic heterocycles. The molecule has 0 spiro atoms. The number of hydrogen-bond acceptors (Lipinski definition) is 3. The van der Waals surface area contributed by atoms with Gasteiger partial charge in [0.05, 0.1) is 6.54 Å². The fourth-order valence-electron chi connectivity index (χ4n) is 2.47. The fourth-order valence-corrected chi connectivity index (χ4v) is 2.47. The SMILES string of the molecule is CN(C[C@H]1CCN(CC(=O)O)C1)C1CC1. The second-order valence-electron chi connectivity index (χ2n) is 4.95. The van der Waals surface area contributed by atoms with E-state index in [1.807, 2.05) is 4.90 Å². The Hall–Kier alpha value is -0.610. The van der Waals surface area contributed by atoms with Crippen molar-refractivity contribution < 1.29 is 9.90 Å². The Kier molecular flexibility index (Phi) is 3.26. The van der Waals surface area contributed by atoms with Crippen LogP contribution in [0.5, 0.6) is 0 Å². The number of carbonyl (C=O) groups is 1. The summed E-state index contributed by atoms with van der Waals surface area (Å²) in [4.78, 5) is 15.0. The van der Waals surface area contributed by atoms with E-state index in [0.717, 1.165) is 32.1 Å². The van der Waals surface area contributed by atoms with Crippen LogP contribution in [0.15, 0.2) is 0 Å². The Morgan fingerprint density at radius 2 is 2.20 bits per heavy atom. The zero-order valence-electron chi connectivity index (χ0n) is 9.35. The molecule has 1 atom stereocenters. The average molecular weight is 212 g/mol. The molecule has 1 N–H and O–H groups in total. The molecule has 1 saturated carbocycles. The first kappa shape index (κ1) is 10.9. The van der Waals surface area contributed by atoms with E-state index in [0.29, 0.717) is 5.92 Å². The lowest BCUT2D eigenvalue weighted by atomic mass is 10.1. The minimum Gasteiger partial charge on any atom is -0.480 e. The van der Waals surface area contributed by atoms with E-state index in [1.165, 1.54) is 12.8 Å². The predicted octanol–water partition coefficient (Wildman–Crippen LogP) is 0.487. The normalized spacial score (nSPS) is 27.5. The minimum atomic E-state index is -0.703. The van der Waals surface area contributed by atoms with Crippen molar-refractivity contribution in [3.8, 4) is 0 Å². The highest BCUT2D eigenvalue weighted by atomic mass is 16.4. The molecule has 0 unspecified atom stereocenters. The summed E-state index contributed by atoms with van der Waals surface area (Å²) in [7, 11) is 2.19. The van der Waals surface area contributed by atoms with E-state index >= 15 is 0 Å². The van der Waals surface area contributed by atoms with Gasteiger partial charge in [0.1, 0.15) is 0 Å². The lowest BCUT2D eigenvalue weighted by Crippen LogP contribution is -2.31. The molecule has 15 heavy (non-hydrogen) atoms. The van der Waals surface area contributed by atoms with Crippen LogP contribution in [0.2, 0.25) is 0 Å². The summed E-state index contributed by atoms with van der Waals surface area (Å²) in [6.07, 6.45) is 3.86. The van der Waals surface area contributed by atoms with Gasteiger partial charge in [0.15, 0.2) is 0 Å². The topological polar surface area (TPSA) is 43.8 Å². The Balaban J connectivity index is 1.69. The second kappa shape index (κ2) is 4.49. The number of nitrogens with zero attached hydrogens (tertiary/aromatic N) is 2. The Bertz CT molecular complexity index is 241. The molecule has 1 aliphatic carbocycles. The molecule has 0 bridgehead atoms. The molecule has 2 aliphatic rings. The van der Waals surface area contributed by atoms with Gasteiger partial charge in [0.25, 0.3) is 0 Å². The zero-order valence-corrected chi connectivity index (χ0v) is 9.35. The van der Waals surface area contributed by atoms with Crippen LogP contribution in [0.1, 0.15) is 19.3 Å². The van der Waals surface area contributed by atoms with E-state index in [-0.39, 0.29) is 6.54 Å². The summed E-state index contributed by atoms with van der Waals surface area (Å²) in [5.41, 5.74) is 0. The van der Waals surface area contributed by atoms with Crippen molar-refractivity contribution in [2.45, 2.75) is 25.3 Å². The second-order valence-corrected chi connectivity index (χ2v) is 4.95. The highest BCUT2D eigenvalue weighted by Gasteiger charge is 2.30. The summed E-state index contributed by atoms with van der Waals surface area (Å²) >= 11 is 0. The average Bonchev–Trinajstić information content (AvgIpc) is 2.90. The smallest absolute Gasteiger partial charge is 0.317 e. The monoisotopic (exact) mass is 212 g/mol. The van der Waals surface area contributed by atoms with Crippen molar-refractivity contribution in [1.29, 1.82) is 0 Å². The van der Waals surface area contributed by atoms with E-state index < -0.39 is 5.97 Å². The van der Waals surface area contributed by atoms with E-state index in [9.17, 15) is 4.79 Å². The number of rotatable bonds is 5. The minimum absolute atomic E-state index is 0.212. The van der Waals surface area contributed by atoms with E-state index in [4.69, 9.17) is 5.11 Å². The molecule has 86 valence electrons. The third-order valence-corrected chi connectivity index (χ3v) is 3.45. The summed E-state index contributed by atoms with van der Waals surface area (Å²) in [5, 5.41) is 8.69. The third-order valence-electron chi connectivity index (χ3n) is 3.45. The molecule has 0 aromatic rings. The quantitative estimate of drug-likeness (QED) is 0.720. The molecule has 4 nitrogen and oxygen atoms in total. The van der Waals surface area contributed by atoms with Crippen LogP contribution in [0.4, 0.5) is 0 Å². The first-order valence-corrected chi connectivity index (χ1v) is 5.79. The fraction of sp³-hybridized carbons (Fsp3) is 0.909. The molecule has 0 radical (unpaired) electrons. The first-order valence-electron chi connectivity index (χ1n) is 5.79. The van der Waals surface area contributed by atoms with Crippen molar-refractivity contribution in [3.63, 3.8) is 0 Å². The van der Waals surface area contributed by atoms with E-state index in [2.05, 4.69) is 11.9 Å². The Morgan fingerprint density at radius 1 is 1.47 bits per heavy atom. The largest absolute Gasteiger partial charge is 0.480 e. The molecule has 4 heteroatoms. The van der Waals surface area contributed by atoms with Gasteiger partial charge >= 0.3 is 5.97 Å². The number of hydrogen-bond donors (Lipinski definition) is 1. The Labute approximate surface area is 90.9 Å². The summed E-state index contributed by atoms with van der Waals surface area (Å²) < 4.78 is 0. The highest BCUT2D eigenvalue weighted by Crippen LogP contribution is 2.27. The van der Waals surface area contributed by atoms with Gasteiger partial charge in [-0.3, -0.25) is 9.69 Å². The van der Waals surface area contributed by atoms with Crippen molar-refractivity contribution in [1.82, 2.24) is 9.80 Å². The number of carboxylic acids is 1. The van der Waals surface area contributed by atoms with Gasteiger partial charge in [0, 0.05) is 19.1 Å². The van der Waals surface area contributed by atoms with Gasteiger partial charge < -0.3 is 10.0 Å². The lowest BCUT2D eigenvalue weighted by molar-refractivity contribution is -0.138. The van der Waals surface area contributed by atoms with Crippen molar-refractivity contribution in [3.05, 3.63) is 0 Å². The molecular formula is C11H20N2O2. The number of carboxylic acid groups (broad SMARTS) is 1. The van der Waals surface area contributed by atoms with Crippen LogP contribution in [-0.4, -0.2) is 60.1 Å². The van der Waals surface area contributed by atoms with Gasteiger partial charge in [-0.1, -0.05) is 0 Å². The van der Waals surface area contributed by atoms with Gasteiger partial charge in [-0.2, -0.15) is 0 Å². The van der Waals surface area contributed by atoms with Gasteiger partial charge in [-0.05, 0) is 38.8 Å². The standard InChI is InChI=1S/C11H20N2O2/c1-12(10-2-3-10)6-9-4-5-13(7-9)8-11(14)15/h9-10H,2-8H2,1H3,(H,14,15)/t9-/m1/s1. The first-order chi connectivity index (χ1) is 7.15. The predicted molar refractivity (Wildman–Crippen MR) is 57.8 cm³/mol. The summed E-state index contributed by atoms with van der Waals surface area (Å²) in [6, 6.07) is 0.818. The van der Waals surface area contributed by atoms with Gasteiger partial charge in [0.2, 0.25) is 0 Å². The molecule has 2 fully saturated rings. The molecule has 0 amide bonds. The molecule has 0 aromatic carbocycles. The molecule has 1 saturated heterocycles. The van der Waals surface area contributed by atoms with E-state index in [1.54, 1.807) is 0 Å². The summed E-state index contributed by atoms with van der Waals surface area (Å²) in [5.74, 6) is -0.0267. The molecule has 2 rings (SSSR count). The Morgan fingerprint density at radius 3 is 2.80 bits per heavy atom. The summed E-state index contributed by atoms with van der Waals surface area (Å²) in [6.45, 7) is 3.27. The van der Waals surface area contributed by atoms with Gasteiger partial charge in [-0.25, -0.2) is 0 Å². The van der Waals surface area contributed by atoms with Crippen LogP contribution in [0.3, 0.4) is 0 Å². The van der Waals surface area contributed by atoms with Gasteiger partial charge in [-0.15, -0.1) is 0 Å².